The number of hydrogen-bond donors (Lipinski definition) is 1. The van der Waals surface area contributed by atoms with Crippen molar-refractivity contribution in [3.63, 3.8) is 0 Å². The fourth-order valence-electron chi connectivity index (χ4n) is 3.32. The third-order valence-corrected chi connectivity index (χ3v) is 4.61. The van der Waals surface area contributed by atoms with Crippen LogP contribution in [0.5, 0.6) is 0 Å². The third-order valence-electron chi connectivity index (χ3n) is 4.61. The van der Waals surface area contributed by atoms with Crippen LogP contribution in [0.1, 0.15) is 5.82 Å². The van der Waals surface area contributed by atoms with Crippen LogP contribution in [0.3, 0.4) is 0 Å². The quantitative estimate of drug-likeness (QED) is 0.425. The normalized spacial score (nSPS) is 11.6. The molecule has 9 heteroatoms. The summed E-state index contributed by atoms with van der Waals surface area (Å²) in [5, 5.41) is 2.29. The van der Waals surface area contributed by atoms with Crippen LogP contribution in [0.2, 0.25) is 0 Å². The second-order valence-corrected chi connectivity index (χ2v) is 6.73. The van der Waals surface area contributed by atoms with Crippen LogP contribution < -0.4 is 5.32 Å². The highest BCUT2D eigenvalue weighted by atomic mass is 19.4. The number of aromatic nitrogens is 2. The number of benzene rings is 3. The van der Waals surface area contributed by atoms with Gasteiger partial charge in [0.1, 0.15) is 18.2 Å². The van der Waals surface area contributed by atoms with Gasteiger partial charge in [-0.15, -0.1) is 0 Å². The van der Waals surface area contributed by atoms with E-state index in [9.17, 15) is 26.7 Å². The van der Waals surface area contributed by atoms with E-state index in [0.29, 0.717) is 16.2 Å². The summed E-state index contributed by atoms with van der Waals surface area (Å²) >= 11 is 0. The van der Waals surface area contributed by atoms with Gasteiger partial charge in [0.25, 0.3) is 0 Å². The van der Waals surface area contributed by atoms with Crippen LogP contribution >= 0.6 is 0 Å². The van der Waals surface area contributed by atoms with Crippen molar-refractivity contribution in [1.29, 1.82) is 0 Å². The number of fused-ring (bicyclic) bond motifs is 1. The van der Waals surface area contributed by atoms with Crippen LogP contribution in [0.15, 0.2) is 66.7 Å². The summed E-state index contributed by atoms with van der Waals surface area (Å²) in [6, 6.07) is 15.7. The minimum absolute atomic E-state index is 0.0676. The van der Waals surface area contributed by atoms with Gasteiger partial charge in [-0.1, -0.05) is 42.5 Å². The molecule has 0 saturated heterocycles. The number of carbonyl (C=O) groups excluding carboxylic acids is 1. The van der Waals surface area contributed by atoms with Gasteiger partial charge in [-0.05, 0) is 23.8 Å². The zero-order chi connectivity index (χ0) is 22.2. The molecule has 0 aliphatic carbocycles. The fourth-order valence-corrected chi connectivity index (χ4v) is 3.32. The molecule has 0 spiro atoms. The van der Waals surface area contributed by atoms with E-state index >= 15 is 0 Å². The maximum Gasteiger partial charge on any atom is 0.449 e. The van der Waals surface area contributed by atoms with Gasteiger partial charge in [0, 0.05) is 11.6 Å². The first-order chi connectivity index (χ1) is 14.7. The van der Waals surface area contributed by atoms with Crippen LogP contribution in [-0.4, -0.2) is 15.5 Å². The predicted octanol–water partition coefficient (Wildman–Crippen LogP) is 5.64. The predicted molar refractivity (Wildman–Crippen MR) is 105 cm³/mol. The molecule has 1 N–H and O–H groups in total. The standard InChI is InChI=1S/C22H14F5N3O/c23-14-10-15(13-6-2-1-3-7-13)20(16(24)11-14)29-19(31)12-30-18-9-5-4-8-17(18)28-21(30)22(25,26)27/h1-11H,12H2,(H,29,31). The highest BCUT2D eigenvalue weighted by molar-refractivity contribution is 5.96. The molecule has 4 rings (SSSR count). The molecule has 31 heavy (non-hydrogen) atoms. The number of anilines is 1. The van der Waals surface area contributed by atoms with Crippen molar-refractivity contribution in [2.75, 3.05) is 5.32 Å². The molecule has 0 aliphatic heterocycles. The average Bonchev–Trinajstić information content (AvgIpc) is 3.09. The van der Waals surface area contributed by atoms with Crippen LogP contribution in [0.4, 0.5) is 27.6 Å². The van der Waals surface area contributed by atoms with Crippen molar-refractivity contribution in [3.05, 3.63) is 84.2 Å². The number of imidazole rings is 1. The largest absolute Gasteiger partial charge is 0.449 e. The first-order valence-electron chi connectivity index (χ1n) is 9.11. The van der Waals surface area contributed by atoms with Crippen molar-refractivity contribution >= 4 is 22.6 Å². The summed E-state index contributed by atoms with van der Waals surface area (Å²) < 4.78 is 69.3. The Balaban J connectivity index is 1.72. The Labute approximate surface area is 172 Å². The van der Waals surface area contributed by atoms with Gasteiger partial charge in [0.15, 0.2) is 0 Å². The van der Waals surface area contributed by atoms with E-state index in [1.54, 1.807) is 30.3 Å². The first kappa shape index (κ1) is 20.5. The van der Waals surface area contributed by atoms with Gasteiger partial charge in [-0.2, -0.15) is 13.2 Å². The zero-order valence-corrected chi connectivity index (χ0v) is 15.8. The minimum atomic E-state index is -4.80. The van der Waals surface area contributed by atoms with E-state index in [1.807, 2.05) is 0 Å². The van der Waals surface area contributed by atoms with E-state index in [-0.39, 0.29) is 22.3 Å². The molecule has 1 heterocycles. The Bertz CT molecular complexity index is 1270. The first-order valence-corrected chi connectivity index (χ1v) is 9.11. The van der Waals surface area contributed by atoms with E-state index in [1.165, 1.54) is 24.3 Å². The summed E-state index contributed by atoms with van der Waals surface area (Å²) in [6.07, 6.45) is -4.80. The number of hydrogen-bond acceptors (Lipinski definition) is 2. The van der Waals surface area contributed by atoms with E-state index in [0.717, 1.165) is 6.07 Å². The molecule has 0 aliphatic rings. The number of alkyl halides is 3. The van der Waals surface area contributed by atoms with Crippen molar-refractivity contribution in [2.24, 2.45) is 0 Å². The summed E-state index contributed by atoms with van der Waals surface area (Å²) in [6.45, 7) is -0.763. The Hall–Kier alpha value is -3.75. The lowest BCUT2D eigenvalue weighted by molar-refractivity contribution is -0.147. The lowest BCUT2D eigenvalue weighted by Crippen LogP contribution is -2.24. The molecule has 0 fully saturated rings. The molecule has 0 radical (unpaired) electrons. The molecular weight excluding hydrogens is 417 g/mol. The zero-order valence-electron chi connectivity index (χ0n) is 15.8. The van der Waals surface area contributed by atoms with Gasteiger partial charge in [-0.25, -0.2) is 13.8 Å². The monoisotopic (exact) mass is 431 g/mol. The van der Waals surface area contributed by atoms with Crippen molar-refractivity contribution in [2.45, 2.75) is 12.7 Å². The number of nitrogens with zero attached hydrogens (tertiary/aromatic N) is 2. The fraction of sp³-hybridized carbons (Fsp3) is 0.0909. The Kier molecular flexibility index (Phi) is 5.18. The topological polar surface area (TPSA) is 46.9 Å². The maximum absolute atomic E-state index is 14.5. The average molecular weight is 431 g/mol. The highest BCUT2D eigenvalue weighted by Gasteiger charge is 2.38. The summed E-state index contributed by atoms with van der Waals surface area (Å²) in [4.78, 5) is 16.2. The number of carbonyl (C=O) groups is 1. The Morgan fingerprint density at radius 3 is 2.35 bits per heavy atom. The van der Waals surface area contributed by atoms with Crippen molar-refractivity contribution < 1.29 is 26.7 Å². The second-order valence-electron chi connectivity index (χ2n) is 6.73. The SMILES string of the molecule is O=C(Cn1c(C(F)(F)F)nc2ccccc21)Nc1c(F)cc(F)cc1-c1ccccc1. The van der Waals surface area contributed by atoms with Crippen LogP contribution in [0, 0.1) is 11.6 Å². The van der Waals surface area contributed by atoms with Gasteiger partial charge < -0.3 is 9.88 Å². The third kappa shape index (κ3) is 4.11. The van der Waals surface area contributed by atoms with Crippen LogP contribution in [-0.2, 0) is 17.5 Å². The van der Waals surface area contributed by atoms with E-state index < -0.39 is 36.1 Å². The Morgan fingerprint density at radius 2 is 1.65 bits per heavy atom. The van der Waals surface area contributed by atoms with E-state index in [2.05, 4.69) is 10.3 Å². The lowest BCUT2D eigenvalue weighted by atomic mass is 10.0. The Morgan fingerprint density at radius 1 is 0.968 bits per heavy atom. The molecule has 0 bridgehead atoms. The highest BCUT2D eigenvalue weighted by Crippen LogP contribution is 2.33. The molecule has 0 saturated carbocycles. The molecule has 3 aromatic carbocycles. The summed E-state index contributed by atoms with van der Waals surface area (Å²) in [5.74, 6) is -4.06. The summed E-state index contributed by atoms with van der Waals surface area (Å²) in [5.41, 5.74) is 0.349. The number of halogens is 5. The molecule has 1 aromatic heterocycles. The van der Waals surface area contributed by atoms with E-state index in [4.69, 9.17) is 0 Å². The minimum Gasteiger partial charge on any atom is -0.322 e. The van der Waals surface area contributed by atoms with Gasteiger partial charge in [0.2, 0.25) is 11.7 Å². The molecule has 0 atom stereocenters. The van der Waals surface area contributed by atoms with Crippen molar-refractivity contribution in [1.82, 2.24) is 9.55 Å². The summed E-state index contributed by atoms with van der Waals surface area (Å²) in [7, 11) is 0. The molecule has 1 amide bonds. The molecule has 0 unspecified atom stereocenters. The maximum atomic E-state index is 14.5. The molecular formula is C22H14F5N3O. The lowest BCUT2D eigenvalue weighted by Gasteiger charge is -2.15. The van der Waals surface area contributed by atoms with Gasteiger partial charge in [-0.3, -0.25) is 4.79 Å². The second kappa shape index (κ2) is 7.82. The van der Waals surface area contributed by atoms with Gasteiger partial charge >= 0.3 is 6.18 Å². The van der Waals surface area contributed by atoms with Gasteiger partial charge in [0.05, 0.1) is 16.7 Å². The molecule has 4 nitrogen and oxygen atoms in total. The number of para-hydroxylation sites is 2. The van der Waals surface area contributed by atoms with Crippen molar-refractivity contribution in [3.8, 4) is 11.1 Å². The van der Waals surface area contributed by atoms with Crippen LogP contribution in [0.25, 0.3) is 22.2 Å². The number of rotatable bonds is 4. The smallest absolute Gasteiger partial charge is 0.322 e. The molecule has 158 valence electrons. The molecule has 4 aromatic rings. The number of nitrogens with one attached hydrogen (secondary N) is 1. The number of amides is 1.